The van der Waals surface area contributed by atoms with Crippen LogP contribution in [0.1, 0.15) is 47.3 Å². The van der Waals surface area contributed by atoms with Crippen molar-refractivity contribution in [3.05, 3.63) is 46.1 Å². The van der Waals surface area contributed by atoms with Gasteiger partial charge in [-0.2, -0.15) is 18.3 Å². The van der Waals surface area contributed by atoms with E-state index in [1.165, 1.54) is 6.20 Å². The molecule has 0 saturated carbocycles. The summed E-state index contributed by atoms with van der Waals surface area (Å²) in [4.78, 5) is 12.6. The van der Waals surface area contributed by atoms with Gasteiger partial charge in [-0.25, -0.2) is 4.68 Å². The van der Waals surface area contributed by atoms with Gasteiger partial charge in [0.1, 0.15) is 11.4 Å². The number of hydrogen-bond donors (Lipinski definition) is 2. The van der Waals surface area contributed by atoms with Gasteiger partial charge in [-0.1, -0.05) is 28.1 Å². The average molecular weight is 473 g/mol. The van der Waals surface area contributed by atoms with E-state index < -0.39 is 24.2 Å². The number of halogens is 4. The fraction of sp³-hybridized carbons (Fsp3) is 0.474. The molecule has 0 radical (unpaired) electrons. The maximum Gasteiger partial charge on any atom is 0.410 e. The molecule has 1 amide bonds. The molecular weight excluding hydrogens is 453 g/mol. The first kappa shape index (κ1) is 20.2. The Kier molecular flexibility index (Phi) is 5.56. The minimum Gasteiger partial charge on any atom is -0.376 e. The Morgan fingerprint density at radius 1 is 1.34 bits per heavy atom. The van der Waals surface area contributed by atoms with Gasteiger partial charge in [0.05, 0.1) is 18.3 Å². The summed E-state index contributed by atoms with van der Waals surface area (Å²) >= 11 is 3.33. The van der Waals surface area contributed by atoms with E-state index in [9.17, 15) is 18.0 Å². The number of hydrogen-bond acceptors (Lipinski definition) is 4. The third-order valence-electron chi connectivity index (χ3n) is 5.27. The van der Waals surface area contributed by atoms with E-state index in [0.29, 0.717) is 18.7 Å². The van der Waals surface area contributed by atoms with Gasteiger partial charge in [-0.05, 0) is 30.5 Å². The van der Waals surface area contributed by atoms with E-state index in [2.05, 4.69) is 31.7 Å². The highest BCUT2D eigenvalue weighted by Gasteiger charge is 2.47. The van der Waals surface area contributed by atoms with Crippen LogP contribution >= 0.6 is 15.9 Å². The van der Waals surface area contributed by atoms with Gasteiger partial charge in [-0.3, -0.25) is 4.79 Å². The van der Waals surface area contributed by atoms with Crippen LogP contribution in [0.2, 0.25) is 0 Å². The van der Waals surface area contributed by atoms with E-state index in [4.69, 9.17) is 4.74 Å². The number of fused-ring (bicyclic) bond motifs is 1. The van der Waals surface area contributed by atoms with E-state index in [1.807, 2.05) is 0 Å². The van der Waals surface area contributed by atoms with Crippen LogP contribution in [-0.4, -0.2) is 41.1 Å². The summed E-state index contributed by atoms with van der Waals surface area (Å²) in [6, 6.07) is 4.67. The van der Waals surface area contributed by atoms with Gasteiger partial charge in [0, 0.05) is 24.0 Å². The summed E-state index contributed by atoms with van der Waals surface area (Å²) in [7, 11) is 0. The van der Waals surface area contributed by atoms with Crippen LogP contribution in [0, 0.1) is 0 Å². The SMILES string of the molecule is O=C(NCC1CCCO1)c1cnn2c1NC(c1ccc(Br)cc1)CC2C(F)(F)F. The minimum atomic E-state index is -4.48. The molecule has 2 aliphatic heterocycles. The Bertz CT molecular complexity index is 879. The van der Waals surface area contributed by atoms with Crippen molar-refractivity contribution < 1.29 is 22.7 Å². The van der Waals surface area contributed by atoms with Gasteiger partial charge in [-0.15, -0.1) is 0 Å². The first-order valence-electron chi connectivity index (χ1n) is 9.39. The van der Waals surface area contributed by atoms with Crippen molar-refractivity contribution in [2.75, 3.05) is 18.5 Å². The Morgan fingerprint density at radius 3 is 2.76 bits per heavy atom. The number of rotatable bonds is 4. The first-order chi connectivity index (χ1) is 13.8. The molecule has 29 heavy (non-hydrogen) atoms. The summed E-state index contributed by atoms with van der Waals surface area (Å²) in [5.41, 5.74) is 0.805. The predicted octanol–water partition coefficient (Wildman–Crippen LogP) is 4.21. The quantitative estimate of drug-likeness (QED) is 0.698. The highest BCUT2D eigenvalue weighted by molar-refractivity contribution is 9.10. The molecule has 10 heteroatoms. The van der Waals surface area contributed by atoms with E-state index in [1.54, 1.807) is 24.3 Å². The summed E-state index contributed by atoms with van der Waals surface area (Å²) in [6.07, 6.45) is -1.77. The molecule has 2 aromatic rings. The van der Waals surface area contributed by atoms with E-state index >= 15 is 0 Å². The zero-order valence-electron chi connectivity index (χ0n) is 15.4. The molecule has 3 atom stereocenters. The molecule has 1 saturated heterocycles. The topological polar surface area (TPSA) is 68.2 Å². The molecule has 0 spiro atoms. The van der Waals surface area contributed by atoms with Crippen LogP contribution in [0.5, 0.6) is 0 Å². The number of carbonyl (C=O) groups is 1. The summed E-state index contributed by atoms with van der Waals surface area (Å²) in [5.74, 6) is -0.386. The molecule has 2 aliphatic rings. The van der Waals surface area contributed by atoms with Crippen LogP contribution in [0.15, 0.2) is 34.9 Å². The Hall–Kier alpha value is -2.07. The number of amides is 1. The highest BCUT2D eigenvalue weighted by atomic mass is 79.9. The number of nitrogens with one attached hydrogen (secondary N) is 2. The van der Waals surface area contributed by atoms with Crippen molar-refractivity contribution >= 4 is 27.7 Å². The number of carbonyl (C=O) groups excluding carboxylic acids is 1. The van der Waals surface area contributed by atoms with Crippen molar-refractivity contribution in [2.45, 2.75) is 43.6 Å². The van der Waals surface area contributed by atoms with Gasteiger partial charge >= 0.3 is 6.18 Å². The van der Waals surface area contributed by atoms with Crippen LogP contribution < -0.4 is 10.6 Å². The number of aromatic nitrogens is 2. The lowest BCUT2D eigenvalue weighted by atomic mass is 9.96. The third-order valence-corrected chi connectivity index (χ3v) is 5.80. The summed E-state index contributed by atoms with van der Waals surface area (Å²) < 4.78 is 48.4. The van der Waals surface area contributed by atoms with Crippen molar-refractivity contribution in [1.82, 2.24) is 15.1 Å². The second-order valence-corrected chi connectivity index (χ2v) is 8.15. The Labute approximate surface area is 173 Å². The normalized spacial score (nSPS) is 24.1. The van der Waals surface area contributed by atoms with Crippen molar-refractivity contribution in [1.29, 1.82) is 0 Å². The molecule has 1 aromatic carbocycles. The fourth-order valence-electron chi connectivity index (χ4n) is 3.75. The number of alkyl halides is 3. The van der Waals surface area contributed by atoms with Gasteiger partial charge < -0.3 is 15.4 Å². The first-order valence-corrected chi connectivity index (χ1v) is 10.2. The van der Waals surface area contributed by atoms with Gasteiger partial charge in [0.25, 0.3) is 5.91 Å². The maximum absolute atomic E-state index is 13.7. The summed E-state index contributed by atoms with van der Waals surface area (Å²) in [5, 5.41) is 9.72. The molecule has 3 unspecified atom stereocenters. The Morgan fingerprint density at radius 2 is 2.10 bits per heavy atom. The molecule has 3 heterocycles. The van der Waals surface area contributed by atoms with Gasteiger partial charge in [0.15, 0.2) is 6.04 Å². The second kappa shape index (κ2) is 7.98. The second-order valence-electron chi connectivity index (χ2n) is 7.24. The maximum atomic E-state index is 13.7. The lowest BCUT2D eigenvalue weighted by molar-refractivity contribution is -0.173. The molecular formula is C19H20BrF3N4O2. The number of nitrogens with zero attached hydrogens (tertiary/aromatic N) is 2. The molecule has 0 aliphatic carbocycles. The lowest BCUT2D eigenvalue weighted by Crippen LogP contribution is -2.37. The molecule has 1 aromatic heterocycles. The van der Waals surface area contributed by atoms with Crippen molar-refractivity contribution in [3.63, 3.8) is 0 Å². The zero-order chi connectivity index (χ0) is 20.6. The molecule has 4 rings (SSSR count). The molecule has 156 valence electrons. The van der Waals surface area contributed by atoms with Gasteiger partial charge in [0.2, 0.25) is 0 Å². The zero-order valence-corrected chi connectivity index (χ0v) is 17.0. The lowest BCUT2D eigenvalue weighted by Gasteiger charge is -2.34. The number of benzene rings is 1. The van der Waals surface area contributed by atoms with Crippen LogP contribution in [0.25, 0.3) is 0 Å². The monoisotopic (exact) mass is 472 g/mol. The number of anilines is 1. The molecule has 6 nitrogen and oxygen atoms in total. The average Bonchev–Trinajstić information content (AvgIpc) is 3.35. The predicted molar refractivity (Wildman–Crippen MR) is 104 cm³/mol. The molecule has 1 fully saturated rings. The van der Waals surface area contributed by atoms with E-state index in [-0.39, 0.29) is 23.9 Å². The summed E-state index contributed by atoms with van der Waals surface area (Å²) in [6.45, 7) is 0.982. The standard InChI is InChI=1S/C19H20BrF3N4O2/c20-12-5-3-11(4-6-12)15-8-16(19(21,22)23)27-17(26-15)14(10-25-27)18(28)24-9-13-2-1-7-29-13/h3-6,10,13,15-16,26H,1-2,7-9H2,(H,24,28). The van der Waals surface area contributed by atoms with E-state index in [0.717, 1.165) is 22.0 Å². The molecule has 0 bridgehead atoms. The largest absolute Gasteiger partial charge is 0.410 e. The van der Waals surface area contributed by atoms with Crippen LogP contribution in [0.4, 0.5) is 19.0 Å². The van der Waals surface area contributed by atoms with Crippen molar-refractivity contribution in [2.24, 2.45) is 0 Å². The number of ether oxygens (including phenoxy) is 1. The minimum absolute atomic E-state index is 0.0586. The van der Waals surface area contributed by atoms with Crippen molar-refractivity contribution in [3.8, 4) is 0 Å². The molecule has 2 N–H and O–H groups in total. The Balaban J connectivity index is 1.60. The third kappa shape index (κ3) is 4.28. The fourth-order valence-corrected chi connectivity index (χ4v) is 4.01. The van der Waals surface area contributed by atoms with Crippen LogP contribution in [-0.2, 0) is 4.74 Å². The smallest absolute Gasteiger partial charge is 0.376 e. The highest BCUT2D eigenvalue weighted by Crippen LogP contribution is 2.44. The van der Waals surface area contributed by atoms with Crippen LogP contribution in [0.3, 0.4) is 0 Å².